The Morgan fingerprint density at radius 2 is 1.51 bits per heavy atom. The molecule has 0 amide bonds. The second kappa shape index (κ2) is 8.44. The minimum atomic E-state index is -0.524. The summed E-state index contributed by atoms with van der Waals surface area (Å²) in [6.45, 7) is 0. The maximum absolute atomic E-state index is 14.0. The SMILES string of the molecule is O=C1C=c2ccccc2=c2ccc3c(c21)C(Cc1ccc(Cl)cc1)C(=O)C(c1ccc(F)cc1)C=3. The topological polar surface area (TPSA) is 34.1 Å². The van der Waals surface area contributed by atoms with Crippen LogP contribution < -0.4 is 10.4 Å². The van der Waals surface area contributed by atoms with Crippen molar-refractivity contribution in [3.63, 3.8) is 0 Å². The maximum Gasteiger partial charge on any atom is 0.187 e. The van der Waals surface area contributed by atoms with Crippen LogP contribution in [0.1, 0.15) is 38.9 Å². The van der Waals surface area contributed by atoms with E-state index in [-0.39, 0.29) is 17.4 Å². The molecule has 4 heteroatoms. The van der Waals surface area contributed by atoms with Gasteiger partial charge >= 0.3 is 0 Å². The summed E-state index contributed by atoms with van der Waals surface area (Å²) in [5.41, 5.74) is 3.08. The summed E-state index contributed by atoms with van der Waals surface area (Å²) in [6, 6.07) is 25.3. The normalized spacial score (nSPS) is 18.1. The molecule has 0 aromatic heterocycles. The van der Waals surface area contributed by atoms with Gasteiger partial charge in [0.1, 0.15) is 5.82 Å². The molecular formula is C31H20ClFO2. The van der Waals surface area contributed by atoms with Crippen LogP contribution in [0, 0.1) is 16.3 Å². The molecule has 170 valence electrons. The molecule has 2 aliphatic carbocycles. The zero-order valence-corrected chi connectivity index (χ0v) is 19.4. The van der Waals surface area contributed by atoms with E-state index in [9.17, 15) is 14.0 Å². The van der Waals surface area contributed by atoms with Gasteiger partial charge in [-0.05, 0) is 74.3 Å². The molecule has 0 bridgehead atoms. The van der Waals surface area contributed by atoms with E-state index < -0.39 is 11.8 Å². The van der Waals surface area contributed by atoms with Gasteiger partial charge in [-0.2, -0.15) is 0 Å². The van der Waals surface area contributed by atoms with Gasteiger partial charge in [0.05, 0.1) is 5.92 Å². The second-order valence-corrected chi connectivity index (χ2v) is 9.50. The molecule has 0 saturated heterocycles. The number of benzene rings is 4. The standard InChI is InChI=1S/C31H20ClFO2/c32-22-10-5-18(6-11-22)15-27-29-21(16-26(31(27)35)19-7-12-23(33)13-8-19)9-14-25-24-4-2-1-3-20(24)17-28(34)30(25)29/h1-14,16-17,26-27H,15H2. The van der Waals surface area contributed by atoms with Crippen LogP contribution in [-0.4, -0.2) is 11.6 Å². The van der Waals surface area contributed by atoms with Crippen molar-refractivity contribution in [1.29, 1.82) is 0 Å². The number of fused-ring (bicyclic) bond motifs is 4. The van der Waals surface area contributed by atoms with E-state index in [0.29, 0.717) is 17.0 Å². The van der Waals surface area contributed by atoms with Crippen LogP contribution in [0.15, 0.2) is 84.9 Å². The molecule has 2 aliphatic rings. The van der Waals surface area contributed by atoms with Gasteiger partial charge in [-0.15, -0.1) is 0 Å². The molecule has 0 radical (unpaired) electrons. The quantitative estimate of drug-likeness (QED) is 0.405. The van der Waals surface area contributed by atoms with Crippen molar-refractivity contribution in [3.8, 4) is 0 Å². The lowest BCUT2D eigenvalue weighted by Crippen LogP contribution is -2.35. The van der Waals surface area contributed by atoms with Crippen LogP contribution in [-0.2, 0) is 11.2 Å². The predicted molar refractivity (Wildman–Crippen MR) is 135 cm³/mol. The fourth-order valence-corrected chi connectivity index (χ4v) is 5.46. The van der Waals surface area contributed by atoms with Gasteiger partial charge in [-0.3, -0.25) is 9.59 Å². The first kappa shape index (κ1) is 21.7. The van der Waals surface area contributed by atoms with Gasteiger partial charge in [0.15, 0.2) is 11.6 Å². The molecule has 2 nitrogen and oxygen atoms in total. The van der Waals surface area contributed by atoms with E-state index in [2.05, 4.69) is 0 Å². The smallest absolute Gasteiger partial charge is 0.187 e. The van der Waals surface area contributed by atoms with Gasteiger partial charge in [-0.25, -0.2) is 4.39 Å². The molecule has 4 aromatic carbocycles. The summed E-state index contributed by atoms with van der Waals surface area (Å²) < 4.78 is 13.6. The van der Waals surface area contributed by atoms with Crippen molar-refractivity contribution in [2.45, 2.75) is 18.3 Å². The molecule has 6 rings (SSSR count). The van der Waals surface area contributed by atoms with E-state index >= 15 is 0 Å². The summed E-state index contributed by atoms with van der Waals surface area (Å²) >= 11 is 6.09. The number of hydrogen-bond acceptors (Lipinski definition) is 2. The van der Waals surface area contributed by atoms with Gasteiger partial charge in [-0.1, -0.05) is 78.3 Å². The average molecular weight is 479 g/mol. The average Bonchev–Trinajstić information content (AvgIpc) is 2.87. The highest BCUT2D eigenvalue weighted by atomic mass is 35.5. The fourth-order valence-electron chi connectivity index (χ4n) is 5.34. The molecule has 0 heterocycles. The third-order valence-corrected chi connectivity index (χ3v) is 7.24. The Morgan fingerprint density at radius 3 is 2.29 bits per heavy atom. The van der Waals surface area contributed by atoms with Crippen LogP contribution in [0.2, 0.25) is 5.02 Å². The molecular weight excluding hydrogens is 459 g/mol. The maximum atomic E-state index is 14.0. The summed E-state index contributed by atoms with van der Waals surface area (Å²) in [7, 11) is 0. The number of carbonyl (C=O) groups excluding carboxylic acids is 2. The van der Waals surface area contributed by atoms with Crippen LogP contribution in [0.5, 0.6) is 0 Å². The van der Waals surface area contributed by atoms with Gasteiger partial charge in [0.2, 0.25) is 0 Å². The van der Waals surface area contributed by atoms with E-state index in [1.54, 1.807) is 18.2 Å². The van der Waals surface area contributed by atoms with E-state index in [1.807, 2.05) is 66.7 Å². The van der Waals surface area contributed by atoms with Crippen LogP contribution in [0.4, 0.5) is 4.39 Å². The molecule has 0 spiro atoms. The van der Waals surface area contributed by atoms with Crippen LogP contribution in [0.25, 0.3) is 12.2 Å². The minimum Gasteiger partial charge on any atom is -0.298 e. The van der Waals surface area contributed by atoms with Crippen molar-refractivity contribution < 1.29 is 14.0 Å². The zero-order valence-electron chi connectivity index (χ0n) is 18.7. The Bertz CT molecular complexity index is 1720. The summed E-state index contributed by atoms with van der Waals surface area (Å²) in [6.07, 6.45) is 4.02. The first-order valence-corrected chi connectivity index (χ1v) is 11.9. The summed E-state index contributed by atoms with van der Waals surface area (Å²) in [5, 5.41) is 4.23. The Kier molecular flexibility index (Phi) is 5.23. The largest absolute Gasteiger partial charge is 0.298 e. The molecule has 0 N–H and O–H groups in total. The van der Waals surface area contributed by atoms with Gasteiger partial charge in [0.25, 0.3) is 0 Å². The first-order valence-electron chi connectivity index (χ1n) is 11.5. The van der Waals surface area contributed by atoms with E-state index in [4.69, 9.17) is 11.6 Å². The molecule has 0 aliphatic heterocycles. The van der Waals surface area contributed by atoms with Crippen molar-refractivity contribution >= 4 is 35.3 Å². The number of carbonyl (C=O) groups is 2. The number of Topliss-reactive ketones (excluding diaryl/α,β-unsaturated/α-hetero) is 2. The highest BCUT2D eigenvalue weighted by Crippen LogP contribution is 2.35. The lowest BCUT2D eigenvalue weighted by Gasteiger charge is -2.28. The first-order chi connectivity index (χ1) is 17.0. The Hall–Kier alpha value is -3.82. The molecule has 35 heavy (non-hydrogen) atoms. The molecule has 4 aromatic rings. The number of rotatable bonds is 3. The third kappa shape index (κ3) is 3.73. The molecule has 2 atom stereocenters. The second-order valence-electron chi connectivity index (χ2n) is 9.07. The highest BCUT2D eigenvalue weighted by Gasteiger charge is 2.35. The lowest BCUT2D eigenvalue weighted by atomic mass is 9.73. The molecule has 0 saturated carbocycles. The Labute approximate surface area is 206 Å². The number of halogens is 2. The Balaban J connectivity index is 1.63. The van der Waals surface area contributed by atoms with Crippen molar-refractivity contribution in [2.24, 2.45) is 0 Å². The molecule has 0 fully saturated rings. The van der Waals surface area contributed by atoms with Crippen LogP contribution >= 0.6 is 11.6 Å². The summed E-state index contributed by atoms with van der Waals surface area (Å²) in [4.78, 5) is 27.4. The highest BCUT2D eigenvalue weighted by molar-refractivity contribution is 6.30. The third-order valence-electron chi connectivity index (χ3n) is 6.99. The number of hydrogen-bond donors (Lipinski definition) is 0. The van der Waals surface area contributed by atoms with Crippen molar-refractivity contribution in [3.05, 3.63) is 139 Å². The monoisotopic (exact) mass is 478 g/mol. The van der Waals surface area contributed by atoms with Gasteiger partial charge < -0.3 is 0 Å². The number of ketones is 2. The lowest BCUT2D eigenvalue weighted by molar-refractivity contribution is -0.120. The molecule has 2 unspecified atom stereocenters. The Morgan fingerprint density at radius 1 is 0.771 bits per heavy atom. The van der Waals surface area contributed by atoms with Gasteiger partial charge in [0, 0.05) is 16.5 Å². The summed E-state index contributed by atoms with van der Waals surface area (Å²) in [5.74, 6) is -1.47. The van der Waals surface area contributed by atoms with E-state index in [1.165, 1.54) is 12.1 Å². The predicted octanol–water partition coefficient (Wildman–Crippen LogP) is 5.22. The van der Waals surface area contributed by atoms with Crippen LogP contribution in [0.3, 0.4) is 0 Å². The van der Waals surface area contributed by atoms with Crippen molar-refractivity contribution in [1.82, 2.24) is 0 Å². The minimum absolute atomic E-state index is 0.000818. The van der Waals surface area contributed by atoms with Crippen molar-refractivity contribution in [2.75, 3.05) is 0 Å². The van der Waals surface area contributed by atoms with E-state index in [0.717, 1.165) is 37.6 Å². The fraction of sp³-hybridized carbons (Fsp3) is 0.0968. The zero-order chi connectivity index (χ0) is 24.1.